The Labute approximate surface area is 182 Å². The predicted octanol–water partition coefficient (Wildman–Crippen LogP) is 5.03. The number of aryl methyl sites for hydroxylation is 1. The number of pyridine rings is 1. The average molecular weight is 490 g/mol. The standard InChI is InChI=1S/C22H15BrF3N3O2/c1-12-7-13(11-30)9-14(8-12)19-16-3-2-6-27-20(16)21(31)29(28-19)18-10-15(23)4-5-17(18)22(24,25)26/h2-10,30H,11H2,1H3. The molecule has 4 rings (SSSR count). The van der Waals surface area contributed by atoms with E-state index in [1.807, 2.05) is 6.92 Å². The molecule has 2 heterocycles. The normalized spacial score (nSPS) is 11.8. The second-order valence-corrected chi connectivity index (χ2v) is 7.91. The van der Waals surface area contributed by atoms with Crippen molar-refractivity contribution in [2.75, 3.05) is 0 Å². The van der Waals surface area contributed by atoms with Gasteiger partial charge in [0.2, 0.25) is 0 Å². The summed E-state index contributed by atoms with van der Waals surface area (Å²) in [5.74, 6) is 0. The van der Waals surface area contributed by atoms with Crippen LogP contribution in [0.4, 0.5) is 13.2 Å². The fourth-order valence-corrected chi connectivity index (χ4v) is 3.80. The lowest BCUT2D eigenvalue weighted by Gasteiger charge is -2.16. The lowest BCUT2D eigenvalue weighted by atomic mass is 10.0. The Hall–Kier alpha value is -3.04. The van der Waals surface area contributed by atoms with Crippen molar-refractivity contribution in [3.63, 3.8) is 0 Å². The van der Waals surface area contributed by atoms with Crippen molar-refractivity contribution >= 4 is 26.8 Å². The minimum atomic E-state index is -4.69. The van der Waals surface area contributed by atoms with E-state index in [-0.39, 0.29) is 17.8 Å². The van der Waals surface area contributed by atoms with Crippen LogP contribution in [0.3, 0.4) is 0 Å². The Bertz CT molecular complexity index is 1370. The molecule has 0 saturated heterocycles. The van der Waals surface area contributed by atoms with Crippen molar-refractivity contribution in [1.82, 2.24) is 14.8 Å². The van der Waals surface area contributed by atoms with Crippen molar-refractivity contribution in [3.8, 4) is 16.9 Å². The van der Waals surface area contributed by atoms with Gasteiger partial charge in [-0.05, 0) is 55.0 Å². The quantitative estimate of drug-likeness (QED) is 0.438. The number of halogens is 4. The van der Waals surface area contributed by atoms with Gasteiger partial charge in [-0.2, -0.15) is 23.0 Å². The monoisotopic (exact) mass is 489 g/mol. The molecule has 5 nitrogen and oxygen atoms in total. The summed E-state index contributed by atoms with van der Waals surface area (Å²) < 4.78 is 42.2. The minimum absolute atomic E-state index is 0.00680. The van der Waals surface area contributed by atoms with Gasteiger partial charge in [-0.1, -0.05) is 27.6 Å². The number of rotatable bonds is 3. The summed E-state index contributed by atoms with van der Waals surface area (Å²) in [5, 5.41) is 14.3. The van der Waals surface area contributed by atoms with Crippen LogP contribution in [-0.2, 0) is 12.8 Å². The topological polar surface area (TPSA) is 68.0 Å². The van der Waals surface area contributed by atoms with Crippen molar-refractivity contribution in [3.05, 3.63) is 86.2 Å². The summed E-state index contributed by atoms with van der Waals surface area (Å²) in [5.41, 5.74) is 0.114. The van der Waals surface area contributed by atoms with Crippen molar-refractivity contribution in [2.45, 2.75) is 19.7 Å². The van der Waals surface area contributed by atoms with Gasteiger partial charge in [-0.3, -0.25) is 9.78 Å². The molecule has 0 fully saturated rings. The van der Waals surface area contributed by atoms with Gasteiger partial charge in [0.05, 0.1) is 17.9 Å². The highest BCUT2D eigenvalue weighted by Gasteiger charge is 2.35. The Morgan fingerprint density at radius 1 is 1.13 bits per heavy atom. The maximum atomic E-state index is 13.7. The highest BCUT2D eigenvalue weighted by Crippen LogP contribution is 2.35. The van der Waals surface area contributed by atoms with Gasteiger partial charge in [0.25, 0.3) is 5.56 Å². The van der Waals surface area contributed by atoms with Crippen molar-refractivity contribution in [2.24, 2.45) is 0 Å². The van der Waals surface area contributed by atoms with E-state index in [9.17, 15) is 23.1 Å². The molecule has 9 heteroatoms. The molecule has 2 aromatic heterocycles. The molecule has 158 valence electrons. The molecule has 0 aliphatic rings. The number of aliphatic hydroxyl groups excluding tert-OH is 1. The summed E-state index contributed by atoms with van der Waals surface area (Å²) in [7, 11) is 0. The molecule has 0 unspecified atom stereocenters. The number of aromatic nitrogens is 3. The fourth-order valence-electron chi connectivity index (χ4n) is 3.45. The first-order valence-electron chi connectivity index (χ1n) is 9.16. The third-order valence-electron chi connectivity index (χ3n) is 4.74. The van der Waals surface area contributed by atoms with E-state index >= 15 is 0 Å². The molecule has 2 aromatic carbocycles. The number of hydrogen-bond acceptors (Lipinski definition) is 4. The van der Waals surface area contributed by atoms with E-state index in [0.717, 1.165) is 16.3 Å². The van der Waals surface area contributed by atoms with Crippen LogP contribution in [0.2, 0.25) is 0 Å². The summed E-state index contributed by atoms with van der Waals surface area (Å²) >= 11 is 3.17. The second kappa shape index (κ2) is 7.90. The van der Waals surface area contributed by atoms with E-state index in [2.05, 4.69) is 26.0 Å². The SMILES string of the molecule is Cc1cc(CO)cc(-c2nn(-c3cc(Br)ccc3C(F)(F)F)c(=O)c3ncccc23)c1. The first-order chi connectivity index (χ1) is 14.7. The zero-order valence-electron chi connectivity index (χ0n) is 16.1. The molecule has 4 aromatic rings. The number of hydrogen-bond donors (Lipinski definition) is 1. The smallest absolute Gasteiger partial charge is 0.392 e. The molecule has 0 aliphatic heterocycles. The molecular formula is C22H15BrF3N3O2. The maximum absolute atomic E-state index is 13.7. The Balaban J connectivity index is 2.12. The average Bonchev–Trinajstić information content (AvgIpc) is 2.72. The minimum Gasteiger partial charge on any atom is -0.392 e. The number of benzene rings is 2. The van der Waals surface area contributed by atoms with Gasteiger partial charge in [0.1, 0.15) is 11.2 Å². The van der Waals surface area contributed by atoms with Gasteiger partial charge < -0.3 is 5.11 Å². The maximum Gasteiger partial charge on any atom is 0.418 e. The molecule has 0 saturated carbocycles. The van der Waals surface area contributed by atoms with E-state index in [1.165, 1.54) is 18.3 Å². The van der Waals surface area contributed by atoms with Crippen molar-refractivity contribution in [1.29, 1.82) is 0 Å². The third-order valence-corrected chi connectivity index (χ3v) is 5.24. The van der Waals surface area contributed by atoms with Crippen LogP contribution in [0.5, 0.6) is 0 Å². The third kappa shape index (κ3) is 3.98. The molecule has 0 spiro atoms. The van der Waals surface area contributed by atoms with Crippen LogP contribution in [0, 0.1) is 6.92 Å². The van der Waals surface area contributed by atoms with Gasteiger partial charge in [0.15, 0.2) is 0 Å². The van der Waals surface area contributed by atoms with Crippen LogP contribution >= 0.6 is 15.9 Å². The van der Waals surface area contributed by atoms with E-state index in [1.54, 1.807) is 30.3 Å². The Morgan fingerprint density at radius 3 is 2.61 bits per heavy atom. The Morgan fingerprint density at radius 2 is 1.90 bits per heavy atom. The zero-order valence-corrected chi connectivity index (χ0v) is 17.7. The molecule has 0 aliphatic carbocycles. The molecule has 0 radical (unpaired) electrons. The van der Waals surface area contributed by atoms with Gasteiger partial charge in [-0.15, -0.1) is 0 Å². The second-order valence-electron chi connectivity index (χ2n) is 6.99. The molecule has 0 bridgehead atoms. The van der Waals surface area contributed by atoms with Gasteiger partial charge >= 0.3 is 6.18 Å². The van der Waals surface area contributed by atoms with Crippen LogP contribution in [0.1, 0.15) is 16.7 Å². The Kier molecular flexibility index (Phi) is 5.40. The number of nitrogens with zero attached hydrogens (tertiary/aromatic N) is 3. The molecule has 0 atom stereocenters. The number of fused-ring (bicyclic) bond motifs is 1. The summed E-state index contributed by atoms with van der Waals surface area (Å²) in [6.07, 6.45) is -3.29. The van der Waals surface area contributed by atoms with E-state index in [4.69, 9.17) is 0 Å². The number of alkyl halides is 3. The predicted molar refractivity (Wildman–Crippen MR) is 114 cm³/mol. The van der Waals surface area contributed by atoms with Gasteiger partial charge in [0, 0.05) is 21.6 Å². The lowest BCUT2D eigenvalue weighted by Crippen LogP contribution is -2.25. The van der Waals surface area contributed by atoms with Gasteiger partial charge in [-0.25, -0.2) is 0 Å². The van der Waals surface area contributed by atoms with Crippen LogP contribution in [-0.4, -0.2) is 19.9 Å². The fraction of sp³-hybridized carbons (Fsp3) is 0.136. The molecule has 0 amide bonds. The van der Waals surface area contributed by atoms with Crippen LogP contribution in [0.15, 0.2) is 64.0 Å². The van der Waals surface area contributed by atoms with E-state index < -0.39 is 23.0 Å². The molecular weight excluding hydrogens is 475 g/mol. The first kappa shape index (κ1) is 21.2. The number of aliphatic hydroxyl groups is 1. The summed E-state index contributed by atoms with van der Waals surface area (Å²) in [6.45, 7) is 1.61. The largest absolute Gasteiger partial charge is 0.418 e. The highest BCUT2D eigenvalue weighted by atomic mass is 79.9. The summed E-state index contributed by atoms with van der Waals surface area (Å²) in [6, 6.07) is 11.9. The van der Waals surface area contributed by atoms with Crippen molar-refractivity contribution < 1.29 is 18.3 Å². The van der Waals surface area contributed by atoms with Crippen LogP contribution in [0.25, 0.3) is 27.8 Å². The summed E-state index contributed by atoms with van der Waals surface area (Å²) in [4.78, 5) is 17.2. The lowest BCUT2D eigenvalue weighted by molar-refractivity contribution is -0.137. The van der Waals surface area contributed by atoms with E-state index in [0.29, 0.717) is 21.0 Å². The first-order valence-corrected chi connectivity index (χ1v) is 9.95. The molecule has 31 heavy (non-hydrogen) atoms. The highest BCUT2D eigenvalue weighted by molar-refractivity contribution is 9.10. The van der Waals surface area contributed by atoms with Crippen LogP contribution < -0.4 is 5.56 Å². The molecule has 1 N–H and O–H groups in total. The zero-order chi connectivity index (χ0) is 22.3.